The Labute approximate surface area is 172 Å². The Bertz CT molecular complexity index is 797. The number of benzene rings is 1. The predicted octanol–water partition coefficient (Wildman–Crippen LogP) is 6.10. The number of rotatable bonds is 8. The number of H-pyrrole nitrogens is 1. The van der Waals surface area contributed by atoms with Gasteiger partial charge in [-0.25, -0.2) is 0 Å². The minimum Gasteiger partial charge on any atom is -0.497 e. The second kappa shape index (κ2) is 9.33. The van der Waals surface area contributed by atoms with E-state index < -0.39 is 5.41 Å². The van der Waals surface area contributed by atoms with Crippen LogP contribution in [-0.2, 0) is 10.2 Å². The van der Waals surface area contributed by atoms with Crippen LogP contribution < -0.4 is 10.1 Å². The molecule has 5 heteroatoms. The molecular formula is C23H29ClN2O2. The first kappa shape index (κ1) is 20.5. The topological polar surface area (TPSA) is 54.1 Å². The molecule has 1 unspecified atom stereocenters. The number of ether oxygens (including phenoxy) is 1. The van der Waals surface area contributed by atoms with Crippen molar-refractivity contribution in [3.63, 3.8) is 0 Å². The highest BCUT2D eigenvalue weighted by Gasteiger charge is 2.42. The quantitative estimate of drug-likeness (QED) is 0.526. The van der Waals surface area contributed by atoms with Crippen molar-refractivity contribution >= 4 is 23.2 Å². The van der Waals surface area contributed by atoms with Crippen molar-refractivity contribution in [1.82, 2.24) is 4.98 Å². The lowest BCUT2D eigenvalue weighted by Gasteiger charge is -2.36. The van der Waals surface area contributed by atoms with Gasteiger partial charge in [-0.3, -0.25) is 4.79 Å². The number of hydrogen-bond donors (Lipinski definition) is 2. The van der Waals surface area contributed by atoms with Crippen LogP contribution in [0.4, 0.5) is 5.69 Å². The summed E-state index contributed by atoms with van der Waals surface area (Å²) >= 11 is 6.37. The predicted molar refractivity (Wildman–Crippen MR) is 115 cm³/mol. The monoisotopic (exact) mass is 400 g/mol. The van der Waals surface area contributed by atoms with Crippen molar-refractivity contribution in [2.75, 3.05) is 12.4 Å². The summed E-state index contributed by atoms with van der Waals surface area (Å²) in [5.41, 5.74) is 0.840. The Morgan fingerprint density at radius 2 is 2.14 bits per heavy atom. The van der Waals surface area contributed by atoms with Crippen molar-refractivity contribution in [2.24, 2.45) is 5.92 Å². The normalized spacial score (nSPS) is 16.9. The van der Waals surface area contributed by atoms with Crippen molar-refractivity contribution < 1.29 is 9.53 Å². The van der Waals surface area contributed by atoms with E-state index in [-0.39, 0.29) is 5.91 Å². The van der Waals surface area contributed by atoms with E-state index in [0.717, 1.165) is 12.1 Å². The van der Waals surface area contributed by atoms with Gasteiger partial charge in [0.05, 0.1) is 23.2 Å². The molecule has 1 aromatic heterocycles. The van der Waals surface area contributed by atoms with Gasteiger partial charge in [-0.05, 0) is 43.0 Å². The number of halogens is 1. The molecule has 150 valence electrons. The van der Waals surface area contributed by atoms with Crippen molar-refractivity contribution in [2.45, 2.75) is 50.4 Å². The number of anilines is 1. The summed E-state index contributed by atoms with van der Waals surface area (Å²) in [5, 5.41) is 3.53. The molecule has 28 heavy (non-hydrogen) atoms. The lowest BCUT2D eigenvalue weighted by molar-refractivity contribution is -0.122. The standard InChI is InChI=1S/C23H29ClN2O2/c1-3-13-23(21-10-7-14-25-21,16-17-8-5-4-6-9-17)22(27)26-20-12-11-18(28-2)15-19(20)24/h3,7,10-12,14-15,17,25H,1,4-6,8-9,13,16H2,2H3,(H,26,27). The van der Waals surface area contributed by atoms with Gasteiger partial charge in [0.15, 0.2) is 0 Å². The third kappa shape index (κ3) is 4.44. The summed E-state index contributed by atoms with van der Waals surface area (Å²) in [7, 11) is 1.59. The van der Waals surface area contributed by atoms with Crippen LogP contribution in [0.15, 0.2) is 49.2 Å². The molecule has 1 saturated carbocycles. The van der Waals surface area contributed by atoms with Crippen LogP contribution in [0.3, 0.4) is 0 Å². The summed E-state index contributed by atoms with van der Waals surface area (Å²) in [6, 6.07) is 9.24. The molecular weight excluding hydrogens is 372 g/mol. The zero-order chi connectivity index (χ0) is 20.0. The van der Waals surface area contributed by atoms with Gasteiger partial charge >= 0.3 is 0 Å². The van der Waals surface area contributed by atoms with Gasteiger partial charge in [-0.2, -0.15) is 0 Å². The minimum atomic E-state index is -0.684. The average Bonchev–Trinajstić information content (AvgIpc) is 3.25. The van der Waals surface area contributed by atoms with Crippen molar-refractivity contribution in [1.29, 1.82) is 0 Å². The first-order valence-corrected chi connectivity index (χ1v) is 10.4. The van der Waals surface area contributed by atoms with E-state index in [0.29, 0.717) is 28.8 Å². The van der Waals surface area contributed by atoms with Crippen LogP contribution in [0.25, 0.3) is 0 Å². The summed E-state index contributed by atoms with van der Waals surface area (Å²) in [5.74, 6) is 1.15. The summed E-state index contributed by atoms with van der Waals surface area (Å²) < 4.78 is 5.20. The number of carbonyl (C=O) groups excluding carboxylic acids is 1. The molecule has 1 atom stereocenters. The Morgan fingerprint density at radius 3 is 2.75 bits per heavy atom. The highest BCUT2D eigenvalue weighted by atomic mass is 35.5. The number of allylic oxidation sites excluding steroid dienone is 1. The Kier molecular flexibility index (Phi) is 6.84. The fourth-order valence-electron chi connectivity index (χ4n) is 4.34. The van der Waals surface area contributed by atoms with Crippen molar-refractivity contribution in [3.05, 3.63) is 59.9 Å². The summed E-state index contributed by atoms with van der Waals surface area (Å²) in [6.07, 6.45) is 11.2. The van der Waals surface area contributed by atoms with E-state index in [4.69, 9.17) is 16.3 Å². The van der Waals surface area contributed by atoms with Crippen LogP contribution in [0.1, 0.15) is 50.6 Å². The van der Waals surface area contributed by atoms with E-state index >= 15 is 0 Å². The second-order valence-electron chi connectivity index (χ2n) is 7.67. The number of aromatic amines is 1. The molecule has 3 rings (SSSR count). The smallest absolute Gasteiger partial charge is 0.236 e. The molecule has 1 heterocycles. The van der Waals surface area contributed by atoms with Gasteiger partial charge in [0, 0.05) is 18.0 Å². The third-order valence-electron chi connectivity index (χ3n) is 5.83. The zero-order valence-electron chi connectivity index (χ0n) is 16.5. The number of methoxy groups -OCH3 is 1. The van der Waals surface area contributed by atoms with Gasteiger partial charge < -0.3 is 15.0 Å². The molecule has 1 amide bonds. The lowest BCUT2D eigenvalue weighted by Crippen LogP contribution is -2.42. The van der Waals surface area contributed by atoms with E-state index in [1.165, 1.54) is 32.1 Å². The van der Waals surface area contributed by atoms with Gasteiger partial charge in [0.1, 0.15) is 5.75 Å². The first-order valence-electron chi connectivity index (χ1n) is 9.99. The van der Waals surface area contributed by atoms with E-state index in [2.05, 4.69) is 16.9 Å². The van der Waals surface area contributed by atoms with Gasteiger partial charge in [0.25, 0.3) is 0 Å². The maximum Gasteiger partial charge on any atom is 0.236 e. The van der Waals surface area contributed by atoms with Crippen molar-refractivity contribution in [3.8, 4) is 5.75 Å². The molecule has 1 aliphatic rings. The molecule has 4 nitrogen and oxygen atoms in total. The van der Waals surface area contributed by atoms with Crippen LogP contribution >= 0.6 is 11.6 Å². The molecule has 2 N–H and O–H groups in total. The third-order valence-corrected chi connectivity index (χ3v) is 6.14. The van der Waals surface area contributed by atoms with E-state index in [1.54, 1.807) is 25.3 Å². The Morgan fingerprint density at radius 1 is 1.36 bits per heavy atom. The van der Waals surface area contributed by atoms with E-state index in [9.17, 15) is 4.79 Å². The molecule has 1 aliphatic carbocycles. The molecule has 0 spiro atoms. The van der Waals surface area contributed by atoms with Crippen LogP contribution in [0.5, 0.6) is 5.75 Å². The number of carbonyl (C=O) groups is 1. The maximum absolute atomic E-state index is 13.6. The highest BCUT2D eigenvalue weighted by Crippen LogP contribution is 2.41. The largest absolute Gasteiger partial charge is 0.497 e. The molecule has 0 aliphatic heterocycles. The Hall–Kier alpha value is -2.20. The maximum atomic E-state index is 13.6. The summed E-state index contributed by atoms with van der Waals surface area (Å²) in [4.78, 5) is 16.9. The zero-order valence-corrected chi connectivity index (χ0v) is 17.2. The molecule has 2 aromatic rings. The molecule has 1 aromatic carbocycles. The summed E-state index contributed by atoms with van der Waals surface area (Å²) in [6.45, 7) is 3.94. The van der Waals surface area contributed by atoms with E-state index in [1.807, 2.05) is 24.4 Å². The molecule has 0 bridgehead atoms. The van der Waals surface area contributed by atoms with Crippen LogP contribution in [0, 0.1) is 5.92 Å². The van der Waals surface area contributed by atoms with Crippen LogP contribution in [-0.4, -0.2) is 18.0 Å². The number of amides is 1. The number of hydrogen-bond acceptors (Lipinski definition) is 2. The molecule has 0 radical (unpaired) electrons. The fraction of sp³-hybridized carbons (Fsp3) is 0.435. The second-order valence-corrected chi connectivity index (χ2v) is 8.07. The number of nitrogens with one attached hydrogen (secondary N) is 2. The minimum absolute atomic E-state index is 0.0486. The van der Waals surface area contributed by atoms with Crippen LogP contribution in [0.2, 0.25) is 5.02 Å². The van der Waals surface area contributed by atoms with Gasteiger partial charge in [-0.15, -0.1) is 6.58 Å². The Balaban J connectivity index is 1.92. The SMILES string of the molecule is C=CCC(CC1CCCCC1)(C(=O)Nc1ccc(OC)cc1Cl)c1ccc[nH]1. The fourth-order valence-corrected chi connectivity index (χ4v) is 4.55. The first-order chi connectivity index (χ1) is 13.6. The molecule has 1 fully saturated rings. The number of aromatic nitrogens is 1. The average molecular weight is 401 g/mol. The lowest BCUT2D eigenvalue weighted by atomic mass is 9.70. The van der Waals surface area contributed by atoms with Gasteiger partial charge in [0.2, 0.25) is 5.91 Å². The highest BCUT2D eigenvalue weighted by molar-refractivity contribution is 6.34. The molecule has 0 saturated heterocycles. The van der Waals surface area contributed by atoms with Gasteiger partial charge in [-0.1, -0.05) is 49.8 Å².